The van der Waals surface area contributed by atoms with Gasteiger partial charge in [0, 0.05) is 18.7 Å². The van der Waals surface area contributed by atoms with E-state index in [2.05, 4.69) is 32.0 Å². The third-order valence-electron chi connectivity index (χ3n) is 6.28. The zero-order chi connectivity index (χ0) is 25.2. The minimum Gasteiger partial charge on any atom is -0.467 e. The van der Waals surface area contributed by atoms with Gasteiger partial charge in [0.1, 0.15) is 5.82 Å². The van der Waals surface area contributed by atoms with E-state index in [1.54, 1.807) is 6.07 Å². The fourth-order valence-corrected chi connectivity index (χ4v) is 4.44. The largest absolute Gasteiger partial charge is 0.467 e. The van der Waals surface area contributed by atoms with Gasteiger partial charge in [-0.2, -0.15) is 9.97 Å². The molecule has 2 heterocycles. The second kappa shape index (κ2) is 10.3. The van der Waals surface area contributed by atoms with E-state index in [-0.39, 0.29) is 17.0 Å². The summed E-state index contributed by atoms with van der Waals surface area (Å²) in [6.45, 7) is 3.41. The molecule has 3 aromatic rings. The highest BCUT2D eigenvalue weighted by atomic mass is 35.5. The van der Waals surface area contributed by atoms with Crippen LogP contribution in [0.5, 0.6) is 6.01 Å². The van der Waals surface area contributed by atoms with E-state index >= 15 is 0 Å². The van der Waals surface area contributed by atoms with Crippen molar-refractivity contribution in [3.63, 3.8) is 0 Å². The third-order valence-corrected chi connectivity index (χ3v) is 6.57. The van der Waals surface area contributed by atoms with Crippen molar-refractivity contribution in [1.82, 2.24) is 14.9 Å². The number of nitrogens with two attached hydrogens (primary N) is 1. The number of benzene rings is 2. The van der Waals surface area contributed by atoms with Crippen molar-refractivity contribution < 1.29 is 18.7 Å². The van der Waals surface area contributed by atoms with Gasteiger partial charge in [0.05, 0.1) is 59.9 Å². The molecule has 2 aromatic carbocycles. The lowest BCUT2D eigenvalue weighted by Crippen LogP contribution is -2.36. The fourth-order valence-electron chi connectivity index (χ4n) is 4.26. The van der Waals surface area contributed by atoms with E-state index in [1.807, 2.05) is 6.07 Å². The molecule has 2 aliphatic rings. The molecule has 36 heavy (non-hydrogen) atoms. The topological polar surface area (TPSA) is 103 Å². The van der Waals surface area contributed by atoms with Crippen LogP contribution in [0.3, 0.4) is 0 Å². The normalized spacial score (nSPS) is 15.9. The summed E-state index contributed by atoms with van der Waals surface area (Å²) in [5.74, 6) is 4.88. The number of fused-ring (bicyclic) bond motifs is 1. The number of hydrogen-bond donors (Lipinski definition) is 2. The van der Waals surface area contributed by atoms with Crippen LogP contribution in [0.4, 0.5) is 15.8 Å². The molecule has 0 radical (unpaired) electrons. The van der Waals surface area contributed by atoms with E-state index in [4.69, 9.17) is 26.8 Å². The van der Waals surface area contributed by atoms with Gasteiger partial charge in [-0.25, -0.2) is 4.39 Å². The van der Waals surface area contributed by atoms with Crippen LogP contribution in [0.15, 0.2) is 24.3 Å². The Kier molecular flexibility index (Phi) is 6.92. The van der Waals surface area contributed by atoms with Crippen molar-refractivity contribution in [2.75, 3.05) is 51.0 Å². The molecule has 10 heteroatoms. The molecule has 3 N–H and O–H groups in total. The molecule has 0 unspecified atom stereocenters. The maximum atomic E-state index is 13.8. The molecule has 1 aliphatic heterocycles. The lowest BCUT2D eigenvalue weighted by atomic mass is 9.98. The molecule has 0 spiro atoms. The molecule has 0 bridgehead atoms. The lowest BCUT2D eigenvalue weighted by molar-refractivity contribution is -0.111. The number of halogens is 2. The van der Waals surface area contributed by atoms with Crippen molar-refractivity contribution in [2.24, 2.45) is 0 Å². The monoisotopic (exact) mass is 509 g/mol. The smallest absolute Gasteiger partial charge is 0.317 e. The minimum absolute atomic E-state index is 0.0459. The second-order valence-corrected chi connectivity index (χ2v) is 9.16. The SMILES string of the molecule is COc1nc(-c2ccc(F)c(Cl)c2)c2c(N)c(NC(=O)C#CCN3CCOCC3)c(C3CC3)cc2n1. The van der Waals surface area contributed by atoms with Gasteiger partial charge in [-0.05, 0) is 54.5 Å². The van der Waals surface area contributed by atoms with Gasteiger partial charge < -0.3 is 20.5 Å². The standard InChI is InChI=1S/C26H25ClFN5O3/c1-35-26-30-20-14-17(15-4-5-15)25(31-21(34)3-2-8-33-9-11-36-12-10-33)23(29)22(20)24(32-26)16-6-7-19(28)18(27)13-16/h6-7,13-15H,4-5,8-12,29H2,1H3,(H,31,34). The summed E-state index contributed by atoms with van der Waals surface area (Å²) < 4.78 is 24.5. The molecule has 2 fully saturated rings. The molecule has 1 saturated carbocycles. The average Bonchev–Trinajstić information content (AvgIpc) is 3.72. The first-order valence-corrected chi connectivity index (χ1v) is 12.1. The fraction of sp³-hybridized carbons (Fsp3) is 0.346. The number of amides is 1. The molecule has 0 atom stereocenters. The summed E-state index contributed by atoms with van der Waals surface area (Å²) in [6, 6.07) is 6.34. The number of aromatic nitrogens is 2. The average molecular weight is 510 g/mol. The first-order valence-electron chi connectivity index (χ1n) is 11.7. The zero-order valence-corrected chi connectivity index (χ0v) is 20.5. The summed E-state index contributed by atoms with van der Waals surface area (Å²) in [5, 5.41) is 3.37. The first-order chi connectivity index (χ1) is 17.4. The van der Waals surface area contributed by atoms with E-state index in [1.165, 1.54) is 19.2 Å². The Bertz CT molecular complexity index is 1390. The second-order valence-electron chi connectivity index (χ2n) is 8.76. The van der Waals surface area contributed by atoms with Crippen molar-refractivity contribution >= 4 is 39.8 Å². The first kappa shape index (κ1) is 24.3. The highest BCUT2D eigenvalue weighted by Gasteiger charge is 2.30. The third kappa shape index (κ3) is 5.07. The molecule has 1 amide bonds. The highest BCUT2D eigenvalue weighted by Crippen LogP contribution is 2.48. The van der Waals surface area contributed by atoms with Crippen LogP contribution in [0.25, 0.3) is 22.2 Å². The van der Waals surface area contributed by atoms with Crippen molar-refractivity contribution in [1.29, 1.82) is 0 Å². The number of nitrogens with zero attached hydrogens (tertiary/aromatic N) is 3. The summed E-state index contributed by atoms with van der Waals surface area (Å²) in [5.41, 5.74) is 9.90. The predicted octanol–water partition coefficient (Wildman–Crippen LogP) is 3.83. The summed E-state index contributed by atoms with van der Waals surface area (Å²) in [6.07, 6.45) is 1.97. The van der Waals surface area contributed by atoms with Gasteiger partial charge in [-0.1, -0.05) is 17.5 Å². The van der Waals surface area contributed by atoms with E-state index in [0.29, 0.717) is 53.3 Å². The Hall–Kier alpha value is -3.45. The number of nitrogen functional groups attached to an aromatic ring is 1. The maximum Gasteiger partial charge on any atom is 0.317 e. The Morgan fingerprint density at radius 2 is 2.08 bits per heavy atom. The molecule has 1 aromatic heterocycles. The quantitative estimate of drug-likeness (QED) is 0.398. The lowest BCUT2D eigenvalue weighted by Gasteiger charge is -2.24. The summed E-state index contributed by atoms with van der Waals surface area (Å²) >= 11 is 6.04. The molecular formula is C26H25ClFN5O3. The van der Waals surface area contributed by atoms with Gasteiger partial charge in [0.2, 0.25) is 0 Å². The molecule has 1 saturated heterocycles. The van der Waals surface area contributed by atoms with E-state index in [9.17, 15) is 9.18 Å². The maximum absolute atomic E-state index is 13.8. The number of methoxy groups -OCH3 is 1. The van der Waals surface area contributed by atoms with E-state index < -0.39 is 11.7 Å². The number of ether oxygens (including phenoxy) is 2. The van der Waals surface area contributed by atoms with Gasteiger partial charge in [0.15, 0.2) is 0 Å². The molecule has 8 nitrogen and oxygen atoms in total. The number of hydrogen-bond acceptors (Lipinski definition) is 7. The van der Waals surface area contributed by atoms with Crippen LogP contribution in [0, 0.1) is 17.7 Å². The summed E-state index contributed by atoms with van der Waals surface area (Å²) in [4.78, 5) is 23.9. The Morgan fingerprint density at radius 1 is 1.31 bits per heavy atom. The number of rotatable bonds is 5. The van der Waals surface area contributed by atoms with Crippen LogP contribution < -0.4 is 15.8 Å². The van der Waals surface area contributed by atoms with Gasteiger partial charge in [-0.15, -0.1) is 0 Å². The highest BCUT2D eigenvalue weighted by molar-refractivity contribution is 6.31. The minimum atomic E-state index is -0.543. The summed E-state index contributed by atoms with van der Waals surface area (Å²) in [7, 11) is 1.47. The predicted molar refractivity (Wildman–Crippen MR) is 137 cm³/mol. The van der Waals surface area contributed by atoms with Crippen molar-refractivity contribution in [3.8, 4) is 29.1 Å². The van der Waals surface area contributed by atoms with Gasteiger partial charge in [-0.3, -0.25) is 9.69 Å². The number of carbonyl (C=O) groups is 1. The van der Waals surface area contributed by atoms with Crippen LogP contribution in [-0.2, 0) is 9.53 Å². The zero-order valence-electron chi connectivity index (χ0n) is 19.7. The van der Waals surface area contributed by atoms with Crippen LogP contribution in [-0.4, -0.2) is 60.7 Å². The number of nitrogens with one attached hydrogen (secondary N) is 1. The Labute approximate surface area is 212 Å². The molecular weight excluding hydrogens is 485 g/mol. The van der Waals surface area contributed by atoms with Crippen LogP contribution in [0.2, 0.25) is 5.02 Å². The number of carbonyl (C=O) groups excluding carboxylic acids is 1. The molecule has 1 aliphatic carbocycles. The number of morpholine rings is 1. The number of anilines is 2. The Balaban J connectivity index is 1.55. The van der Waals surface area contributed by atoms with Crippen molar-refractivity contribution in [3.05, 3.63) is 40.7 Å². The van der Waals surface area contributed by atoms with Crippen molar-refractivity contribution in [2.45, 2.75) is 18.8 Å². The van der Waals surface area contributed by atoms with Crippen LogP contribution in [0.1, 0.15) is 24.3 Å². The van der Waals surface area contributed by atoms with Gasteiger partial charge >= 0.3 is 6.01 Å². The Morgan fingerprint density at radius 3 is 2.78 bits per heavy atom. The van der Waals surface area contributed by atoms with Crippen LogP contribution >= 0.6 is 11.6 Å². The molecule has 5 rings (SSSR count). The molecule has 186 valence electrons. The van der Waals surface area contributed by atoms with Gasteiger partial charge in [0.25, 0.3) is 5.91 Å². The van der Waals surface area contributed by atoms with E-state index in [0.717, 1.165) is 31.5 Å².